The fourth-order valence-electron chi connectivity index (χ4n) is 4.01. The minimum atomic E-state index is -5.14. The molecule has 2 N–H and O–H groups in total. The number of hydrogen-bond acceptors (Lipinski definition) is 4. The molecule has 2 aliphatic heterocycles. The normalized spacial score (nSPS) is 17.3. The van der Waals surface area contributed by atoms with Crippen LogP contribution >= 0.6 is 0 Å². The third kappa shape index (κ3) is 4.57. The fraction of sp³-hybridized carbons (Fsp3) is 0.318. The number of halogens is 3. The molecule has 2 aliphatic rings. The lowest BCUT2D eigenvalue weighted by Gasteiger charge is -2.36. The van der Waals surface area contributed by atoms with Gasteiger partial charge in [-0.2, -0.15) is 18.2 Å². The van der Waals surface area contributed by atoms with Crippen LogP contribution in [-0.4, -0.2) is 63.6 Å². The largest absolute Gasteiger partial charge is 0.473 e. The van der Waals surface area contributed by atoms with Crippen LogP contribution in [0.2, 0.25) is 0 Å². The van der Waals surface area contributed by atoms with Gasteiger partial charge in [0.2, 0.25) is 0 Å². The number of fused-ring (bicyclic) bond motifs is 1. The molecule has 0 bridgehead atoms. The van der Waals surface area contributed by atoms with E-state index in [0.29, 0.717) is 37.2 Å². The summed E-state index contributed by atoms with van der Waals surface area (Å²) in [6.07, 6.45) is -2.76. The van der Waals surface area contributed by atoms with Gasteiger partial charge in [0.05, 0.1) is 17.8 Å². The summed E-state index contributed by atoms with van der Waals surface area (Å²) < 4.78 is 37.3. The molecule has 0 atom stereocenters. The van der Waals surface area contributed by atoms with Crippen molar-refractivity contribution in [3.63, 3.8) is 0 Å². The lowest BCUT2D eigenvalue weighted by molar-refractivity contribution is -0.169. The standard InChI is InChI=1S/C22H20F3N5O3/c23-22(24,25)21(33)28-18(26)14-10-16-17(27-11-14)12-30(20(16)32)15-6-8-29(9-7-15)19(31)13-4-2-1-3-5-13/h1-5,10-11,15H,6-9,12H2,(H2,26,28,33). The number of carbonyl (C=O) groups excluding carboxylic acids is 3. The number of pyridine rings is 1. The molecule has 1 fully saturated rings. The number of nitrogens with zero attached hydrogens (tertiary/aromatic N) is 4. The van der Waals surface area contributed by atoms with Crippen molar-refractivity contribution in [2.45, 2.75) is 31.6 Å². The Bertz CT molecular complexity index is 1130. The highest BCUT2D eigenvalue weighted by atomic mass is 19.4. The average Bonchev–Trinajstić information content (AvgIpc) is 3.14. The van der Waals surface area contributed by atoms with Crippen molar-refractivity contribution in [3.05, 3.63) is 65.0 Å². The molecule has 0 aliphatic carbocycles. The quantitative estimate of drug-likeness (QED) is 0.559. The molecule has 33 heavy (non-hydrogen) atoms. The van der Waals surface area contributed by atoms with Gasteiger partial charge in [-0.05, 0) is 31.0 Å². The molecule has 8 nitrogen and oxygen atoms in total. The number of alkyl halides is 3. The molecule has 0 radical (unpaired) electrons. The highest BCUT2D eigenvalue weighted by Crippen LogP contribution is 2.28. The first-order valence-electron chi connectivity index (χ1n) is 10.2. The summed E-state index contributed by atoms with van der Waals surface area (Å²) in [6.45, 7) is 1.25. The van der Waals surface area contributed by atoms with Crippen LogP contribution in [0.4, 0.5) is 13.2 Å². The third-order valence-electron chi connectivity index (χ3n) is 5.76. The molecular weight excluding hydrogens is 439 g/mol. The Morgan fingerprint density at radius 3 is 2.39 bits per heavy atom. The van der Waals surface area contributed by atoms with E-state index < -0.39 is 17.9 Å². The van der Waals surface area contributed by atoms with Crippen LogP contribution in [0.25, 0.3) is 0 Å². The summed E-state index contributed by atoms with van der Waals surface area (Å²) in [7, 11) is 0. The van der Waals surface area contributed by atoms with Gasteiger partial charge in [0, 0.05) is 36.5 Å². The SMILES string of the molecule is NC(=NC(=O)C(F)(F)F)c1cnc2c(c1)C(=O)N(C1CCN(C(=O)c3ccccc3)CC1)C2. The molecule has 11 heteroatoms. The van der Waals surface area contributed by atoms with Crippen molar-refractivity contribution < 1.29 is 27.6 Å². The zero-order valence-corrected chi connectivity index (χ0v) is 17.4. The van der Waals surface area contributed by atoms with Crippen LogP contribution in [0.1, 0.15) is 44.8 Å². The van der Waals surface area contributed by atoms with Crippen molar-refractivity contribution >= 4 is 23.6 Å². The summed E-state index contributed by atoms with van der Waals surface area (Å²) in [5, 5.41) is 0. The van der Waals surface area contributed by atoms with Gasteiger partial charge < -0.3 is 15.5 Å². The zero-order valence-electron chi connectivity index (χ0n) is 17.4. The van der Waals surface area contributed by atoms with Gasteiger partial charge in [-0.1, -0.05) is 18.2 Å². The number of amides is 3. The minimum Gasteiger partial charge on any atom is -0.383 e. The molecule has 1 aromatic heterocycles. The molecule has 0 unspecified atom stereocenters. The van der Waals surface area contributed by atoms with Crippen LogP contribution < -0.4 is 5.73 Å². The predicted octanol–water partition coefficient (Wildman–Crippen LogP) is 2.14. The first kappa shape index (κ1) is 22.4. The van der Waals surface area contributed by atoms with E-state index in [-0.39, 0.29) is 35.5 Å². The van der Waals surface area contributed by atoms with E-state index in [0.717, 1.165) is 0 Å². The average molecular weight is 459 g/mol. The number of benzene rings is 1. The number of amidine groups is 1. The van der Waals surface area contributed by atoms with Crippen LogP contribution in [0.3, 0.4) is 0 Å². The smallest absolute Gasteiger partial charge is 0.383 e. The maximum atomic E-state index is 13.0. The maximum absolute atomic E-state index is 13.0. The van der Waals surface area contributed by atoms with Gasteiger partial charge in [-0.15, -0.1) is 0 Å². The van der Waals surface area contributed by atoms with E-state index in [9.17, 15) is 27.6 Å². The van der Waals surface area contributed by atoms with E-state index in [4.69, 9.17) is 5.73 Å². The molecule has 3 amide bonds. The second kappa shape index (κ2) is 8.64. The summed E-state index contributed by atoms with van der Waals surface area (Å²) in [6, 6.07) is 10.2. The zero-order chi connectivity index (χ0) is 23.8. The minimum absolute atomic E-state index is 0.0372. The molecular formula is C22H20F3N5O3. The Labute approximate surface area is 186 Å². The molecule has 0 saturated carbocycles. The Hall–Kier alpha value is -3.76. The molecule has 1 saturated heterocycles. The summed E-state index contributed by atoms with van der Waals surface area (Å²) in [4.78, 5) is 47.1. The van der Waals surface area contributed by atoms with Gasteiger partial charge in [0.25, 0.3) is 11.8 Å². The molecule has 4 rings (SSSR count). The number of likely N-dealkylation sites (tertiary alicyclic amines) is 1. The number of carbonyl (C=O) groups is 3. The number of piperidine rings is 1. The van der Waals surface area contributed by atoms with Gasteiger partial charge in [-0.3, -0.25) is 19.4 Å². The topological polar surface area (TPSA) is 109 Å². The van der Waals surface area contributed by atoms with Gasteiger partial charge in [0.1, 0.15) is 5.84 Å². The number of aromatic nitrogens is 1. The van der Waals surface area contributed by atoms with E-state index in [1.807, 2.05) is 6.07 Å². The third-order valence-corrected chi connectivity index (χ3v) is 5.76. The summed E-state index contributed by atoms with van der Waals surface area (Å²) in [5.41, 5.74) is 6.79. The first-order chi connectivity index (χ1) is 15.6. The van der Waals surface area contributed by atoms with Crippen LogP contribution in [0.5, 0.6) is 0 Å². The Balaban J connectivity index is 1.43. The number of aliphatic imine (C=N–C) groups is 1. The van der Waals surface area contributed by atoms with Crippen molar-refractivity contribution in [3.8, 4) is 0 Å². The van der Waals surface area contributed by atoms with Crippen molar-refractivity contribution in [2.24, 2.45) is 10.7 Å². The second-order valence-corrected chi connectivity index (χ2v) is 7.84. The van der Waals surface area contributed by atoms with E-state index in [2.05, 4.69) is 9.98 Å². The second-order valence-electron chi connectivity index (χ2n) is 7.84. The van der Waals surface area contributed by atoms with Crippen LogP contribution in [0.15, 0.2) is 47.6 Å². The molecule has 1 aromatic carbocycles. The van der Waals surface area contributed by atoms with Gasteiger partial charge >= 0.3 is 12.1 Å². The van der Waals surface area contributed by atoms with Crippen molar-refractivity contribution in [2.75, 3.05) is 13.1 Å². The fourth-order valence-corrected chi connectivity index (χ4v) is 4.01. The molecule has 0 spiro atoms. The lowest BCUT2D eigenvalue weighted by Crippen LogP contribution is -2.46. The molecule has 3 heterocycles. The van der Waals surface area contributed by atoms with Crippen LogP contribution in [-0.2, 0) is 11.3 Å². The number of nitrogens with two attached hydrogens (primary N) is 1. The van der Waals surface area contributed by atoms with Gasteiger partial charge in [-0.25, -0.2) is 0 Å². The summed E-state index contributed by atoms with van der Waals surface area (Å²) in [5.74, 6) is -3.36. The Morgan fingerprint density at radius 1 is 1.09 bits per heavy atom. The lowest BCUT2D eigenvalue weighted by atomic mass is 10.0. The monoisotopic (exact) mass is 459 g/mol. The van der Waals surface area contributed by atoms with Crippen molar-refractivity contribution in [1.29, 1.82) is 0 Å². The van der Waals surface area contributed by atoms with Gasteiger partial charge in [0.15, 0.2) is 0 Å². The van der Waals surface area contributed by atoms with E-state index in [1.54, 1.807) is 34.1 Å². The number of hydrogen-bond donors (Lipinski definition) is 1. The van der Waals surface area contributed by atoms with Crippen molar-refractivity contribution in [1.82, 2.24) is 14.8 Å². The maximum Gasteiger partial charge on any atom is 0.473 e. The Kier molecular flexibility index (Phi) is 5.88. The highest BCUT2D eigenvalue weighted by Gasteiger charge is 2.39. The highest BCUT2D eigenvalue weighted by molar-refractivity contribution is 6.07. The molecule has 2 aromatic rings. The summed E-state index contributed by atoms with van der Waals surface area (Å²) >= 11 is 0. The molecule has 172 valence electrons. The van der Waals surface area contributed by atoms with Crippen LogP contribution in [0, 0.1) is 0 Å². The number of rotatable bonds is 3. The van der Waals surface area contributed by atoms with E-state index >= 15 is 0 Å². The Morgan fingerprint density at radius 2 is 1.76 bits per heavy atom. The predicted molar refractivity (Wildman–Crippen MR) is 111 cm³/mol. The van der Waals surface area contributed by atoms with E-state index in [1.165, 1.54) is 12.3 Å². The first-order valence-corrected chi connectivity index (χ1v) is 10.2.